The summed E-state index contributed by atoms with van der Waals surface area (Å²) >= 11 is 5.85. The lowest BCUT2D eigenvalue weighted by Gasteiger charge is -2.07. The lowest BCUT2D eigenvalue weighted by atomic mass is 10.2. The third-order valence-corrected chi connectivity index (χ3v) is 3.62. The molecule has 0 atom stereocenters. The van der Waals surface area contributed by atoms with Crippen LogP contribution in [0.5, 0.6) is 0 Å². The molecule has 1 aromatic heterocycles. The van der Waals surface area contributed by atoms with Gasteiger partial charge >= 0.3 is 12.0 Å². The lowest BCUT2D eigenvalue weighted by molar-refractivity contribution is -0.123. The largest absolute Gasteiger partial charge is 0.450 e. The third-order valence-electron chi connectivity index (χ3n) is 3.39. The Kier molecular flexibility index (Phi) is 5.37. The molecule has 0 aliphatic rings. The van der Waals surface area contributed by atoms with Gasteiger partial charge in [0.05, 0.1) is 5.69 Å². The fourth-order valence-corrected chi connectivity index (χ4v) is 2.38. The molecule has 1 heterocycles. The molecule has 0 bridgehead atoms. The fraction of sp³-hybridized carbons (Fsp3) is 0.0556. The zero-order valence-corrected chi connectivity index (χ0v) is 14.4. The average molecular weight is 391 g/mol. The number of halogens is 2. The zero-order chi connectivity index (χ0) is 19.4. The highest BCUT2D eigenvalue weighted by Crippen LogP contribution is 2.23. The highest BCUT2D eigenvalue weighted by molar-refractivity contribution is 6.31. The van der Waals surface area contributed by atoms with Crippen LogP contribution in [0.1, 0.15) is 10.6 Å². The first-order valence-corrected chi connectivity index (χ1v) is 8.02. The fourth-order valence-electron chi connectivity index (χ4n) is 2.20. The summed E-state index contributed by atoms with van der Waals surface area (Å²) in [5, 5.41) is 5.16. The van der Waals surface area contributed by atoms with Gasteiger partial charge in [0, 0.05) is 10.4 Å². The van der Waals surface area contributed by atoms with E-state index in [0.29, 0.717) is 16.0 Å². The predicted octanol–water partition coefficient (Wildman–Crippen LogP) is 3.73. The summed E-state index contributed by atoms with van der Waals surface area (Å²) in [7, 11) is 0. The average Bonchev–Trinajstić information content (AvgIpc) is 3.04. The number of carbonyl (C=O) groups is 3. The van der Waals surface area contributed by atoms with Crippen LogP contribution in [0.25, 0.3) is 11.0 Å². The Hall–Kier alpha value is -3.39. The number of amides is 3. The highest BCUT2D eigenvalue weighted by Gasteiger charge is 2.17. The van der Waals surface area contributed by atoms with E-state index >= 15 is 0 Å². The molecule has 138 valence electrons. The first-order valence-electron chi connectivity index (χ1n) is 7.64. The maximum absolute atomic E-state index is 13.4. The summed E-state index contributed by atoms with van der Waals surface area (Å²) in [6.45, 7) is -0.721. The van der Waals surface area contributed by atoms with Gasteiger partial charge in [-0.25, -0.2) is 14.0 Å². The number of para-hydroxylation sites is 1. The number of ether oxygens (including phenoxy) is 1. The molecule has 0 radical (unpaired) electrons. The maximum Gasteiger partial charge on any atom is 0.374 e. The van der Waals surface area contributed by atoms with Gasteiger partial charge in [0.15, 0.2) is 6.61 Å². The van der Waals surface area contributed by atoms with Gasteiger partial charge in [0.2, 0.25) is 5.76 Å². The molecular weight excluding hydrogens is 379 g/mol. The van der Waals surface area contributed by atoms with Crippen LogP contribution in [0.3, 0.4) is 0 Å². The Morgan fingerprint density at radius 2 is 1.89 bits per heavy atom. The zero-order valence-electron chi connectivity index (χ0n) is 13.6. The van der Waals surface area contributed by atoms with Crippen molar-refractivity contribution in [3.63, 3.8) is 0 Å². The van der Waals surface area contributed by atoms with Gasteiger partial charge in [-0.15, -0.1) is 0 Å². The molecule has 0 spiro atoms. The molecule has 0 aliphatic heterocycles. The minimum absolute atomic E-state index is 0.0965. The molecule has 0 fully saturated rings. The van der Waals surface area contributed by atoms with Crippen molar-refractivity contribution in [1.29, 1.82) is 0 Å². The van der Waals surface area contributed by atoms with Crippen molar-refractivity contribution < 1.29 is 27.9 Å². The van der Waals surface area contributed by atoms with Crippen LogP contribution in [0, 0.1) is 5.82 Å². The van der Waals surface area contributed by atoms with Gasteiger partial charge in [-0.05, 0) is 36.4 Å². The molecule has 27 heavy (non-hydrogen) atoms. The molecule has 2 aromatic carbocycles. The van der Waals surface area contributed by atoms with E-state index < -0.39 is 30.3 Å². The number of hydrogen-bond acceptors (Lipinski definition) is 5. The molecule has 0 unspecified atom stereocenters. The van der Waals surface area contributed by atoms with E-state index in [-0.39, 0.29) is 11.4 Å². The number of furan rings is 1. The van der Waals surface area contributed by atoms with Gasteiger partial charge in [-0.3, -0.25) is 10.1 Å². The molecular formula is C18H12ClFN2O5. The minimum Gasteiger partial charge on any atom is -0.450 e. The molecule has 9 heteroatoms. The molecule has 0 saturated carbocycles. The van der Waals surface area contributed by atoms with E-state index in [9.17, 15) is 18.8 Å². The topological polar surface area (TPSA) is 97.6 Å². The number of fused-ring (bicyclic) bond motifs is 1. The number of esters is 1. The Labute approximate surface area is 157 Å². The van der Waals surface area contributed by atoms with Crippen molar-refractivity contribution in [2.45, 2.75) is 0 Å². The van der Waals surface area contributed by atoms with E-state index in [1.54, 1.807) is 18.2 Å². The number of urea groups is 1. The molecule has 3 aromatic rings. The van der Waals surface area contributed by atoms with Crippen LogP contribution in [0.15, 0.2) is 52.9 Å². The smallest absolute Gasteiger partial charge is 0.374 e. The molecule has 7 nitrogen and oxygen atoms in total. The van der Waals surface area contributed by atoms with E-state index in [1.165, 1.54) is 24.3 Å². The Morgan fingerprint density at radius 3 is 2.67 bits per heavy atom. The quantitative estimate of drug-likeness (QED) is 0.661. The summed E-state index contributed by atoms with van der Waals surface area (Å²) in [5.74, 6) is -2.55. The maximum atomic E-state index is 13.4. The van der Waals surface area contributed by atoms with Crippen LogP contribution in [0.2, 0.25) is 5.02 Å². The van der Waals surface area contributed by atoms with Crippen LogP contribution in [-0.2, 0) is 9.53 Å². The second kappa shape index (κ2) is 7.88. The van der Waals surface area contributed by atoms with Crippen LogP contribution < -0.4 is 10.6 Å². The normalized spacial score (nSPS) is 10.4. The van der Waals surface area contributed by atoms with Gasteiger partial charge in [-0.1, -0.05) is 23.7 Å². The molecule has 3 amide bonds. The second-order valence-electron chi connectivity index (χ2n) is 5.35. The lowest BCUT2D eigenvalue weighted by Crippen LogP contribution is -2.37. The van der Waals surface area contributed by atoms with Crippen molar-refractivity contribution >= 4 is 46.2 Å². The number of anilines is 1. The van der Waals surface area contributed by atoms with Crippen LogP contribution in [0.4, 0.5) is 14.9 Å². The minimum atomic E-state index is -0.959. The predicted molar refractivity (Wildman–Crippen MR) is 95.1 cm³/mol. The van der Waals surface area contributed by atoms with Crippen molar-refractivity contribution in [3.8, 4) is 0 Å². The number of imide groups is 1. The number of benzene rings is 2. The van der Waals surface area contributed by atoms with Crippen molar-refractivity contribution in [2.75, 3.05) is 11.9 Å². The van der Waals surface area contributed by atoms with Gasteiger partial charge < -0.3 is 14.5 Å². The first kappa shape index (κ1) is 18.4. The second-order valence-corrected chi connectivity index (χ2v) is 5.79. The summed E-state index contributed by atoms with van der Waals surface area (Å²) in [6, 6.07) is 10.7. The Bertz CT molecular complexity index is 1030. The monoisotopic (exact) mass is 390 g/mol. The van der Waals surface area contributed by atoms with Crippen LogP contribution in [-0.4, -0.2) is 24.5 Å². The molecule has 3 rings (SSSR count). The van der Waals surface area contributed by atoms with Crippen LogP contribution >= 0.6 is 11.6 Å². The standard InChI is InChI=1S/C18H12ClFN2O5/c19-11-5-6-14-10(7-11)8-15(27-14)17(24)26-9-16(23)22-18(25)21-13-4-2-1-3-12(13)20/h1-8H,9H2,(H2,21,22,23,25). The summed E-state index contributed by atoms with van der Waals surface area (Å²) < 4.78 is 23.5. The van der Waals surface area contributed by atoms with E-state index in [0.717, 1.165) is 6.07 Å². The van der Waals surface area contributed by atoms with Crippen molar-refractivity contribution in [3.05, 3.63) is 65.1 Å². The SMILES string of the molecule is O=C(COC(=O)c1cc2cc(Cl)ccc2o1)NC(=O)Nc1ccccc1F. The Balaban J connectivity index is 1.52. The molecule has 2 N–H and O–H groups in total. The summed E-state index contributed by atoms with van der Waals surface area (Å²) in [6.07, 6.45) is 0. The highest BCUT2D eigenvalue weighted by atomic mass is 35.5. The third kappa shape index (κ3) is 4.62. The van der Waals surface area contributed by atoms with E-state index in [1.807, 2.05) is 5.32 Å². The number of hydrogen-bond donors (Lipinski definition) is 2. The van der Waals surface area contributed by atoms with E-state index in [2.05, 4.69) is 5.32 Å². The number of nitrogens with one attached hydrogen (secondary N) is 2. The van der Waals surface area contributed by atoms with Crippen molar-refractivity contribution in [2.24, 2.45) is 0 Å². The molecule has 0 aliphatic carbocycles. The van der Waals surface area contributed by atoms with Gasteiger partial charge in [-0.2, -0.15) is 0 Å². The molecule has 0 saturated heterocycles. The number of rotatable bonds is 4. The van der Waals surface area contributed by atoms with Gasteiger partial charge in [0.1, 0.15) is 11.4 Å². The first-order chi connectivity index (χ1) is 12.9. The summed E-state index contributed by atoms with van der Waals surface area (Å²) in [4.78, 5) is 35.3. The summed E-state index contributed by atoms with van der Waals surface area (Å²) in [5.41, 5.74) is 0.334. The van der Waals surface area contributed by atoms with E-state index in [4.69, 9.17) is 20.8 Å². The van der Waals surface area contributed by atoms with Gasteiger partial charge in [0.25, 0.3) is 5.91 Å². The number of carbonyl (C=O) groups excluding carboxylic acids is 3. The van der Waals surface area contributed by atoms with Crippen molar-refractivity contribution in [1.82, 2.24) is 5.32 Å². The Morgan fingerprint density at radius 1 is 1.11 bits per heavy atom.